The molecule has 1 unspecified atom stereocenters. The molecule has 0 spiro atoms. The Balaban J connectivity index is 1.85. The number of nitrogens with zero attached hydrogens (tertiary/aromatic N) is 4. The molecular formula is C20H18N4O. The summed E-state index contributed by atoms with van der Waals surface area (Å²) >= 11 is 0. The zero-order valence-corrected chi connectivity index (χ0v) is 14.1. The van der Waals surface area contributed by atoms with E-state index in [4.69, 9.17) is 0 Å². The lowest BCUT2D eigenvalue weighted by atomic mass is 10.1. The Morgan fingerprint density at radius 3 is 2.64 bits per heavy atom. The van der Waals surface area contributed by atoms with E-state index in [-0.39, 0.29) is 0 Å². The molecule has 0 bridgehead atoms. The number of fused-ring (bicyclic) bond motifs is 1. The summed E-state index contributed by atoms with van der Waals surface area (Å²) < 4.78 is 1.84. The number of aliphatic hydroxyl groups excluding tert-OH is 1. The summed E-state index contributed by atoms with van der Waals surface area (Å²) in [5.74, 6) is 0.790. The highest BCUT2D eigenvalue weighted by atomic mass is 16.3. The number of aryl methyl sites for hydroxylation is 1. The summed E-state index contributed by atoms with van der Waals surface area (Å²) in [5.41, 5.74) is 4.38. The first-order valence-corrected chi connectivity index (χ1v) is 8.19. The number of aromatic nitrogens is 4. The third kappa shape index (κ3) is 2.90. The minimum Gasteiger partial charge on any atom is -0.387 e. The quantitative estimate of drug-likeness (QED) is 0.620. The van der Waals surface area contributed by atoms with Gasteiger partial charge in [0.25, 0.3) is 0 Å². The third-order valence-electron chi connectivity index (χ3n) is 4.16. The second-order valence-corrected chi connectivity index (χ2v) is 6.09. The van der Waals surface area contributed by atoms with E-state index in [1.165, 1.54) is 0 Å². The standard InChI is InChI=1S/C20H18N4O/c1-13-5-3-8-20(22-13)24-19-11-15(9-10-16(19)12-21-24)18-7-4-6-17(23-18)14(2)25/h3-12,14,25H,1-2H3. The summed E-state index contributed by atoms with van der Waals surface area (Å²) in [6.07, 6.45) is 1.24. The van der Waals surface area contributed by atoms with Crippen molar-refractivity contribution in [1.82, 2.24) is 19.7 Å². The lowest BCUT2D eigenvalue weighted by Gasteiger charge is -2.08. The van der Waals surface area contributed by atoms with Crippen molar-refractivity contribution in [2.24, 2.45) is 0 Å². The monoisotopic (exact) mass is 330 g/mol. The van der Waals surface area contributed by atoms with Crippen LogP contribution in [0.5, 0.6) is 0 Å². The van der Waals surface area contributed by atoms with Crippen molar-refractivity contribution in [2.75, 3.05) is 0 Å². The Morgan fingerprint density at radius 1 is 1.00 bits per heavy atom. The number of hydrogen-bond acceptors (Lipinski definition) is 4. The predicted molar refractivity (Wildman–Crippen MR) is 97.5 cm³/mol. The van der Waals surface area contributed by atoms with Gasteiger partial charge < -0.3 is 5.11 Å². The van der Waals surface area contributed by atoms with Crippen LogP contribution in [0.4, 0.5) is 0 Å². The fourth-order valence-electron chi connectivity index (χ4n) is 2.85. The first-order valence-electron chi connectivity index (χ1n) is 8.19. The summed E-state index contributed by atoms with van der Waals surface area (Å²) in [4.78, 5) is 9.11. The molecule has 0 saturated carbocycles. The molecule has 3 heterocycles. The fourth-order valence-corrected chi connectivity index (χ4v) is 2.85. The Morgan fingerprint density at radius 2 is 1.84 bits per heavy atom. The van der Waals surface area contributed by atoms with Crippen LogP contribution in [0.25, 0.3) is 28.0 Å². The first-order chi connectivity index (χ1) is 12.1. The van der Waals surface area contributed by atoms with Crippen LogP contribution in [0.1, 0.15) is 24.4 Å². The predicted octanol–water partition coefficient (Wildman–Crippen LogP) is 3.84. The van der Waals surface area contributed by atoms with E-state index >= 15 is 0 Å². The maximum atomic E-state index is 9.77. The van der Waals surface area contributed by atoms with E-state index in [0.29, 0.717) is 5.69 Å². The minimum atomic E-state index is -0.592. The van der Waals surface area contributed by atoms with Crippen LogP contribution in [0.15, 0.2) is 60.8 Å². The molecule has 4 rings (SSSR count). The molecule has 0 aliphatic carbocycles. The SMILES string of the molecule is Cc1cccc(-n2ncc3ccc(-c4cccc(C(C)O)n4)cc32)n1. The average Bonchev–Trinajstić information content (AvgIpc) is 3.05. The van der Waals surface area contributed by atoms with Crippen molar-refractivity contribution >= 4 is 10.9 Å². The molecule has 1 atom stereocenters. The van der Waals surface area contributed by atoms with Crippen molar-refractivity contribution in [3.05, 3.63) is 72.2 Å². The van der Waals surface area contributed by atoms with Gasteiger partial charge in [-0.1, -0.05) is 24.3 Å². The van der Waals surface area contributed by atoms with Crippen LogP contribution in [-0.4, -0.2) is 24.9 Å². The molecule has 3 aromatic heterocycles. The Kier molecular flexibility index (Phi) is 3.78. The van der Waals surface area contributed by atoms with Gasteiger partial charge in [-0.2, -0.15) is 5.10 Å². The normalized spacial score (nSPS) is 12.4. The summed E-state index contributed by atoms with van der Waals surface area (Å²) in [5, 5.41) is 15.3. The van der Waals surface area contributed by atoms with Gasteiger partial charge in [-0.25, -0.2) is 9.67 Å². The molecule has 0 aliphatic heterocycles. The zero-order valence-electron chi connectivity index (χ0n) is 14.1. The second kappa shape index (κ2) is 6.11. The molecule has 4 aromatic rings. The lowest BCUT2D eigenvalue weighted by molar-refractivity contribution is 0.194. The van der Waals surface area contributed by atoms with Crippen LogP contribution in [0, 0.1) is 6.92 Å². The van der Waals surface area contributed by atoms with Crippen molar-refractivity contribution in [3.63, 3.8) is 0 Å². The molecule has 0 radical (unpaired) electrons. The smallest absolute Gasteiger partial charge is 0.154 e. The van der Waals surface area contributed by atoms with Crippen LogP contribution < -0.4 is 0 Å². The molecular weight excluding hydrogens is 312 g/mol. The van der Waals surface area contributed by atoms with E-state index in [1.54, 1.807) is 6.92 Å². The molecule has 1 aromatic carbocycles. The highest BCUT2D eigenvalue weighted by Crippen LogP contribution is 2.25. The van der Waals surface area contributed by atoms with Crippen LogP contribution >= 0.6 is 0 Å². The van der Waals surface area contributed by atoms with Gasteiger partial charge in [-0.05, 0) is 44.2 Å². The van der Waals surface area contributed by atoms with Gasteiger partial charge in [-0.3, -0.25) is 4.98 Å². The van der Waals surface area contributed by atoms with Crippen molar-refractivity contribution in [1.29, 1.82) is 0 Å². The fraction of sp³-hybridized carbons (Fsp3) is 0.150. The Hall–Kier alpha value is -3.05. The third-order valence-corrected chi connectivity index (χ3v) is 4.16. The summed E-state index contributed by atoms with van der Waals surface area (Å²) in [6, 6.07) is 17.7. The van der Waals surface area contributed by atoms with Gasteiger partial charge in [-0.15, -0.1) is 0 Å². The molecule has 124 valence electrons. The van der Waals surface area contributed by atoms with Crippen molar-refractivity contribution < 1.29 is 5.11 Å². The maximum absolute atomic E-state index is 9.77. The number of hydrogen-bond donors (Lipinski definition) is 1. The zero-order chi connectivity index (χ0) is 17.4. The van der Waals surface area contributed by atoms with E-state index in [2.05, 4.69) is 21.1 Å². The Labute approximate surface area is 145 Å². The average molecular weight is 330 g/mol. The van der Waals surface area contributed by atoms with Gasteiger partial charge in [0.15, 0.2) is 5.82 Å². The minimum absolute atomic E-state index is 0.592. The topological polar surface area (TPSA) is 63.8 Å². The number of benzene rings is 1. The number of rotatable bonds is 3. The highest BCUT2D eigenvalue weighted by Gasteiger charge is 2.10. The molecule has 0 fully saturated rings. The van der Waals surface area contributed by atoms with Gasteiger partial charge in [0.05, 0.1) is 29.2 Å². The van der Waals surface area contributed by atoms with Crippen LogP contribution in [0.2, 0.25) is 0 Å². The van der Waals surface area contributed by atoms with Crippen molar-refractivity contribution in [2.45, 2.75) is 20.0 Å². The summed E-state index contributed by atoms with van der Waals surface area (Å²) in [6.45, 7) is 3.68. The van der Waals surface area contributed by atoms with Gasteiger partial charge in [0, 0.05) is 16.6 Å². The summed E-state index contributed by atoms with van der Waals surface area (Å²) in [7, 11) is 0. The second-order valence-electron chi connectivity index (χ2n) is 6.09. The molecule has 1 N–H and O–H groups in total. The van der Waals surface area contributed by atoms with Crippen LogP contribution in [-0.2, 0) is 0 Å². The van der Waals surface area contributed by atoms with E-state index in [1.807, 2.05) is 66.3 Å². The van der Waals surface area contributed by atoms with Gasteiger partial charge >= 0.3 is 0 Å². The Bertz CT molecular complexity index is 1050. The van der Waals surface area contributed by atoms with E-state index < -0.39 is 6.10 Å². The molecule has 0 saturated heterocycles. The molecule has 0 aliphatic rings. The molecule has 5 nitrogen and oxygen atoms in total. The van der Waals surface area contributed by atoms with E-state index in [9.17, 15) is 5.11 Å². The molecule has 5 heteroatoms. The lowest BCUT2D eigenvalue weighted by Crippen LogP contribution is -2.00. The largest absolute Gasteiger partial charge is 0.387 e. The number of aliphatic hydroxyl groups is 1. The first kappa shape index (κ1) is 15.5. The molecule has 0 amide bonds. The van der Waals surface area contributed by atoms with Crippen molar-refractivity contribution in [3.8, 4) is 17.1 Å². The highest BCUT2D eigenvalue weighted by molar-refractivity contribution is 5.84. The number of pyridine rings is 2. The van der Waals surface area contributed by atoms with E-state index in [0.717, 1.165) is 33.7 Å². The maximum Gasteiger partial charge on any atom is 0.154 e. The molecule has 25 heavy (non-hydrogen) atoms. The van der Waals surface area contributed by atoms with Gasteiger partial charge in [0.1, 0.15) is 0 Å². The van der Waals surface area contributed by atoms with Crippen LogP contribution in [0.3, 0.4) is 0 Å². The van der Waals surface area contributed by atoms with Gasteiger partial charge in [0.2, 0.25) is 0 Å².